The molecular formula is C11H13Br2N3. The number of imidazole rings is 1. The van der Waals surface area contributed by atoms with Gasteiger partial charge in [-0.2, -0.15) is 0 Å². The Morgan fingerprint density at radius 2 is 2.00 bits per heavy atom. The molecule has 0 atom stereocenters. The average Bonchev–Trinajstić information content (AvgIpc) is 2.58. The van der Waals surface area contributed by atoms with Gasteiger partial charge in [0.1, 0.15) is 15.7 Å². The van der Waals surface area contributed by atoms with E-state index in [1.54, 1.807) is 6.33 Å². The molecule has 86 valence electrons. The van der Waals surface area contributed by atoms with E-state index in [0.29, 0.717) is 0 Å². The first kappa shape index (κ1) is 12.0. The molecule has 2 aromatic rings. The molecule has 0 bridgehead atoms. The Hall–Kier alpha value is -0.420. The number of rotatable bonds is 1. The van der Waals surface area contributed by atoms with Crippen molar-refractivity contribution in [3.63, 3.8) is 0 Å². The Labute approximate surface area is 112 Å². The van der Waals surface area contributed by atoms with Crippen molar-refractivity contribution in [1.29, 1.82) is 0 Å². The van der Waals surface area contributed by atoms with Crippen LogP contribution >= 0.6 is 31.9 Å². The lowest BCUT2D eigenvalue weighted by Gasteiger charge is -2.13. The molecule has 0 unspecified atom stereocenters. The first-order valence-corrected chi connectivity index (χ1v) is 6.84. The first-order valence-electron chi connectivity index (χ1n) is 5.01. The molecule has 0 spiro atoms. The summed E-state index contributed by atoms with van der Waals surface area (Å²) in [6.07, 6.45) is 3.83. The molecule has 16 heavy (non-hydrogen) atoms. The molecule has 2 rings (SSSR count). The van der Waals surface area contributed by atoms with Crippen LogP contribution in [0.3, 0.4) is 0 Å². The van der Waals surface area contributed by atoms with E-state index in [2.05, 4.69) is 62.6 Å². The number of hydrogen-bond acceptors (Lipinski definition) is 2. The van der Waals surface area contributed by atoms with Crippen LogP contribution in [0.25, 0.3) is 5.65 Å². The van der Waals surface area contributed by atoms with Crippen LogP contribution in [0, 0.1) is 0 Å². The van der Waals surface area contributed by atoms with Crippen molar-refractivity contribution in [2.24, 2.45) is 0 Å². The largest absolute Gasteiger partial charge is 0.290 e. The Morgan fingerprint density at radius 1 is 1.31 bits per heavy atom. The molecule has 0 amide bonds. The molecule has 5 heteroatoms. The number of halogens is 2. The van der Waals surface area contributed by atoms with Gasteiger partial charge in [0.2, 0.25) is 0 Å². The minimum absolute atomic E-state index is 0.0639. The number of aromatic nitrogens is 3. The van der Waals surface area contributed by atoms with E-state index >= 15 is 0 Å². The number of nitrogens with zero attached hydrogens (tertiary/aromatic N) is 3. The summed E-state index contributed by atoms with van der Waals surface area (Å²) in [4.78, 5) is 8.94. The van der Waals surface area contributed by atoms with Gasteiger partial charge < -0.3 is 0 Å². The molecule has 0 aliphatic rings. The van der Waals surface area contributed by atoms with E-state index in [4.69, 9.17) is 0 Å². The van der Waals surface area contributed by atoms with Crippen molar-refractivity contribution < 1.29 is 0 Å². The SMILES string of the molecule is CC(C)(C)c1cn2cnc(C(Br)Br)cc2n1. The van der Waals surface area contributed by atoms with E-state index in [1.807, 2.05) is 16.7 Å². The summed E-state index contributed by atoms with van der Waals surface area (Å²) < 4.78 is 2.02. The fraction of sp³-hybridized carbons (Fsp3) is 0.455. The zero-order valence-corrected chi connectivity index (χ0v) is 12.6. The Morgan fingerprint density at radius 3 is 2.56 bits per heavy atom. The molecule has 0 fully saturated rings. The quantitative estimate of drug-likeness (QED) is 0.735. The summed E-state index contributed by atoms with van der Waals surface area (Å²) in [6, 6.07) is 1.98. The highest BCUT2D eigenvalue weighted by molar-refractivity contribution is 9.24. The Kier molecular flexibility index (Phi) is 3.09. The number of hydrogen-bond donors (Lipinski definition) is 0. The van der Waals surface area contributed by atoms with Crippen molar-refractivity contribution in [3.8, 4) is 0 Å². The minimum Gasteiger partial charge on any atom is -0.290 e. The smallest absolute Gasteiger partial charge is 0.140 e. The predicted molar refractivity (Wildman–Crippen MR) is 72.3 cm³/mol. The maximum atomic E-state index is 4.61. The summed E-state index contributed by atoms with van der Waals surface area (Å²) in [5, 5.41) is 0. The van der Waals surface area contributed by atoms with Gasteiger partial charge >= 0.3 is 0 Å². The van der Waals surface area contributed by atoms with Crippen molar-refractivity contribution in [3.05, 3.63) is 30.0 Å². The fourth-order valence-electron chi connectivity index (χ4n) is 1.39. The van der Waals surface area contributed by atoms with Gasteiger partial charge in [0.15, 0.2) is 0 Å². The van der Waals surface area contributed by atoms with Gasteiger partial charge in [0.05, 0.1) is 11.4 Å². The van der Waals surface area contributed by atoms with Gasteiger partial charge in [-0.15, -0.1) is 0 Å². The predicted octanol–water partition coefficient (Wildman–Crippen LogP) is 3.82. The van der Waals surface area contributed by atoms with E-state index in [0.717, 1.165) is 17.0 Å². The second-order valence-corrected chi connectivity index (χ2v) is 7.82. The van der Waals surface area contributed by atoms with Gasteiger partial charge in [0, 0.05) is 17.7 Å². The number of fused-ring (bicyclic) bond motifs is 1. The normalized spacial score (nSPS) is 12.6. The molecule has 0 N–H and O–H groups in total. The van der Waals surface area contributed by atoms with E-state index in [1.165, 1.54) is 0 Å². The van der Waals surface area contributed by atoms with E-state index < -0.39 is 0 Å². The lowest BCUT2D eigenvalue weighted by molar-refractivity contribution is 0.573. The van der Waals surface area contributed by atoms with Crippen LogP contribution in [0.15, 0.2) is 18.6 Å². The van der Waals surface area contributed by atoms with Crippen molar-refractivity contribution in [1.82, 2.24) is 14.4 Å². The second kappa shape index (κ2) is 4.11. The van der Waals surface area contributed by atoms with Gasteiger partial charge in [-0.1, -0.05) is 52.6 Å². The highest BCUT2D eigenvalue weighted by Gasteiger charge is 2.18. The third-order valence-electron chi connectivity index (χ3n) is 2.36. The zero-order chi connectivity index (χ0) is 11.9. The first-order chi connectivity index (χ1) is 7.38. The van der Waals surface area contributed by atoms with Crippen LogP contribution in [0.5, 0.6) is 0 Å². The molecule has 2 heterocycles. The number of alkyl halides is 2. The van der Waals surface area contributed by atoms with Crippen LogP contribution in [0.4, 0.5) is 0 Å². The summed E-state index contributed by atoms with van der Waals surface area (Å²) in [6.45, 7) is 6.46. The van der Waals surface area contributed by atoms with Crippen molar-refractivity contribution in [2.45, 2.75) is 29.9 Å². The summed E-state index contributed by atoms with van der Waals surface area (Å²) in [5.41, 5.74) is 3.00. The molecule has 0 saturated heterocycles. The lowest BCUT2D eigenvalue weighted by atomic mass is 9.93. The Balaban J connectivity index is 2.54. The molecular weight excluding hydrogens is 334 g/mol. The van der Waals surface area contributed by atoms with Crippen LogP contribution in [-0.2, 0) is 5.41 Å². The standard InChI is InChI=1S/C11H13Br2N3/c1-11(2,3)8-5-16-6-14-7(10(12)13)4-9(16)15-8/h4-6,10H,1-3H3. The van der Waals surface area contributed by atoms with Crippen LogP contribution in [0.1, 0.15) is 35.9 Å². The molecule has 0 aliphatic carbocycles. The van der Waals surface area contributed by atoms with Crippen molar-refractivity contribution >= 4 is 37.5 Å². The third-order valence-corrected chi connectivity index (χ3v) is 3.30. The van der Waals surface area contributed by atoms with Crippen molar-refractivity contribution in [2.75, 3.05) is 0 Å². The lowest BCUT2D eigenvalue weighted by Crippen LogP contribution is -2.11. The highest BCUT2D eigenvalue weighted by atomic mass is 79.9. The summed E-state index contributed by atoms with van der Waals surface area (Å²) >= 11 is 6.86. The Bertz CT molecular complexity index is 511. The van der Waals surface area contributed by atoms with Gasteiger partial charge in [-0.3, -0.25) is 4.40 Å². The zero-order valence-electron chi connectivity index (χ0n) is 9.41. The highest BCUT2D eigenvalue weighted by Crippen LogP contribution is 2.28. The van der Waals surface area contributed by atoms with E-state index in [-0.39, 0.29) is 9.15 Å². The van der Waals surface area contributed by atoms with Gasteiger partial charge in [-0.25, -0.2) is 9.97 Å². The summed E-state index contributed by atoms with van der Waals surface area (Å²) in [7, 11) is 0. The molecule has 2 aromatic heterocycles. The third kappa shape index (κ3) is 2.30. The maximum Gasteiger partial charge on any atom is 0.140 e. The van der Waals surface area contributed by atoms with E-state index in [9.17, 15) is 0 Å². The molecule has 0 aromatic carbocycles. The fourth-order valence-corrected chi connectivity index (χ4v) is 1.89. The van der Waals surface area contributed by atoms with Gasteiger partial charge in [-0.05, 0) is 0 Å². The average molecular weight is 347 g/mol. The second-order valence-electron chi connectivity index (χ2n) is 4.76. The van der Waals surface area contributed by atoms with Crippen LogP contribution < -0.4 is 0 Å². The molecule has 3 nitrogen and oxygen atoms in total. The van der Waals surface area contributed by atoms with Crippen LogP contribution in [0.2, 0.25) is 0 Å². The topological polar surface area (TPSA) is 30.2 Å². The monoisotopic (exact) mass is 345 g/mol. The van der Waals surface area contributed by atoms with Gasteiger partial charge in [0.25, 0.3) is 0 Å². The molecule has 0 saturated carbocycles. The summed E-state index contributed by atoms with van der Waals surface area (Å²) in [5.74, 6) is 0. The molecule has 0 aliphatic heterocycles. The minimum atomic E-state index is 0.0639. The maximum absolute atomic E-state index is 4.61. The van der Waals surface area contributed by atoms with Crippen LogP contribution in [-0.4, -0.2) is 14.4 Å². The molecule has 0 radical (unpaired) electrons.